The fraction of sp³-hybridized carbons (Fsp3) is 0.941. The van der Waals surface area contributed by atoms with Gasteiger partial charge in [-0.25, -0.2) is 4.79 Å². The highest BCUT2D eigenvalue weighted by Crippen LogP contribution is 2.11. The number of alkyl carbamates (subject to hydrolysis) is 1. The molecule has 0 aromatic rings. The first kappa shape index (κ1) is 28.1. The molecule has 9 nitrogen and oxygen atoms in total. The minimum atomic E-state index is -0.496. The second-order valence-corrected chi connectivity index (χ2v) is 7.82. The Kier molecular flexibility index (Phi) is 20.5. The summed E-state index contributed by atoms with van der Waals surface area (Å²) < 4.78 is 37.0. The number of carbonyl (C=O) groups excluding carboxylic acids is 1. The van der Waals surface area contributed by atoms with Gasteiger partial charge in [0.15, 0.2) is 0 Å². The van der Waals surface area contributed by atoms with Gasteiger partial charge in [0.05, 0.1) is 81.9 Å². The molecule has 0 unspecified atom stereocenters. The topological polar surface area (TPSA) is 93.7 Å². The van der Waals surface area contributed by atoms with Crippen LogP contribution in [0.2, 0.25) is 0 Å². The monoisotopic (exact) mass is 539 g/mol. The molecular weight excluding hydrogens is 505 g/mol. The normalized spacial score (nSPS) is 11.6. The number of rotatable bonds is 19. The standard InChI is InChI=1S/C17H34INO8S/c1-17(2,3)27-16(20)19-4-5-21-6-7-22-8-9-23-10-11-24-12-13-25-14-15-26-28-18/h4-15H2,1-3H3,(H,19,20). The zero-order valence-electron chi connectivity index (χ0n) is 17.0. The van der Waals surface area contributed by atoms with Gasteiger partial charge in [-0.05, 0) is 20.8 Å². The maximum absolute atomic E-state index is 11.4. The number of carbonyl (C=O) groups is 1. The van der Waals surface area contributed by atoms with E-state index >= 15 is 0 Å². The van der Waals surface area contributed by atoms with Crippen LogP contribution in [-0.4, -0.2) is 90.9 Å². The maximum atomic E-state index is 11.4. The molecule has 0 saturated carbocycles. The van der Waals surface area contributed by atoms with Crippen molar-refractivity contribution in [1.29, 1.82) is 0 Å². The van der Waals surface area contributed by atoms with E-state index in [1.165, 1.54) is 9.21 Å². The predicted molar refractivity (Wildman–Crippen MR) is 116 cm³/mol. The van der Waals surface area contributed by atoms with Crippen LogP contribution in [0.3, 0.4) is 0 Å². The molecule has 0 aliphatic heterocycles. The van der Waals surface area contributed by atoms with Crippen LogP contribution in [0.15, 0.2) is 0 Å². The number of amides is 1. The highest BCUT2D eigenvalue weighted by Gasteiger charge is 2.15. The van der Waals surface area contributed by atoms with Crippen molar-refractivity contribution in [2.45, 2.75) is 26.4 Å². The Morgan fingerprint density at radius 1 is 0.750 bits per heavy atom. The van der Waals surface area contributed by atoms with Crippen molar-refractivity contribution < 1.29 is 37.4 Å². The molecule has 0 fully saturated rings. The lowest BCUT2D eigenvalue weighted by Crippen LogP contribution is -2.34. The minimum absolute atomic E-state index is 0.397. The highest BCUT2D eigenvalue weighted by atomic mass is 127. The number of ether oxygens (including phenoxy) is 6. The first-order valence-corrected chi connectivity index (χ1v) is 12.5. The summed E-state index contributed by atoms with van der Waals surface area (Å²) in [5, 5.41) is 2.62. The van der Waals surface area contributed by atoms with Crippen molar-refractivity contribution in [1.82, 2.24) is 5.32 Å². The van der Waals surface area contributed by atoms with Crippen LogP contribution >= 0.6 is 30.4 Å². The van der Waals surface area contributed by atoms with Crippen LogP contribution in [0, 0.1) is 0 Å². The van der Waals surface area contributed by atoms with Crippen molar-refractivity contribution in [3.63, 3.8) is 0 Å². The van der Waals surface area contributed by atoms with Gasteiger partial charge in [-0.15, -0.1) is 0 Å². The third-order valence-electron chi connectivity index (χ3n) is 2.76. The van der Waals surface area contributed by atoms with Crippen molar-refractivity contribution in [3.05, 3.63) is 0 Å². The smallest absolute Gasteiger partial charge is 0.407 e. The number of nitrogens with one attached hydrogen (secondary N) is 1. The fourth-order valence-corrected chi connectivity index (χ4v) is 2.32. The van der Waals surface area contributed by atoms with Crippen molar-refractivity contribution in [2.75, 3.05) is 79.2 Å². The molecule has 0 spiro atoms. The molecule has 11 heteroatoms. The predicted octanol–water partition coefficient (Wildman–Crippen LogP) is 2.61. The zero-order chi connectivity index (χ0) is 20.9. The second-order valence-electron chi connectivity index (χ2n) is 6.38. The molecule has 168 valence electrons. The van der Waals surface area contributed by atoms with E-state index in [9.17, 15) is 4.79 Å². The van der Waals surface area contributed by atoms with Gasteiger partial charge in [0.25, 0.3) is 0 Å². The molecule has 0 radical (unpaired) electrons. The van der Waals surface area contributed by atoms with E-state index < -0.39 is 11.7 Å². The van der Waals surface area contributed by atoms with Gasteiger partial charge in [-0.1, -0.05) is 0 Å². The summed E-state index contributed by atoms with van der Waals surface area (Å²) in [6.45, 7) is 11.5. The first-order chi connectivity index (χ1) is 13.5. The van der Waals surface area contributed by atoms with Gasteiger partial charge in [0, 0.05) is 27.8 Å². The van der Waals surface area contributed by atoms with Crippen LogP contribution in [0.4, 0.5) is 4.79 Å². The number of halogens is 1. The van der Waals surface area contributed by atoms with Crippen LogP contribution in [-0.2, 0) is 32.6 Å². The number of hydrogen-bond acceptors (Lipinski definition) is 9. The molecule has 0 aliphatic rings. The second kappa shape index (κ2) is 20.4. The molecule has 28 heavy (non-hydrogen) atoms. The molecule has 0 heterocycles. The minimum Gasteiger partial charge on any atom is -0.444 e. The van der Waals surface area contributed by atoms with Crippen LogP contribution < -0.4 is 5.32 Å². The lowest BCUT2D eigenvalue weighted by molar-refractivity contribution is -0.0122. The van der Waals surface area contributed by atoms with Gasteiger partial charge in [0.1, 0.15) is 5.60 Å². The van der Waals surface area contributed by atoms with Gasteiger partial charge in [0.2, 0.25) is 0 Å². The molecule has 0 atom stereocenters. The molecule has 0 bridgehead atoms. The third-order valence-corrected chi connectivity index (χ3v) is 3.78. The van der Waals surface area contributed by atoms with Crippen LogP contribution in [0.25, 0.3) is 0 Å². The van der Waals surface area contributed by atoms with E-state index in [1.807, 2.05) is 20.8 Å². The fourth-order valence-electron chi connectivity index (χ4n) is 1.65. The van der Waals surface area contributed by atoms with Crippen LogP contribution in [0.1, 0.15) is 20.8 Å². The Morgan fingerprint density at radius 3 is 1.54 bits per heavy atom. The Morgan fingerprint density at radius 2 is 1.14 bits per heavy atom. The van der Waals surface area contributed by atoms with Gasteiger partial charge >= 0.3 is 6.09 Å². The summed E-state index contributed by atoms with van der Waals surface area (Å²) in [6, 6.07) is 0. The average molecular weight is 539 g/mol. The average Bonchev–Trinajstić information content (AvgIpc) is 2.62. The Balaban J connectivity index is 3.11. The molecule has 0 aromatic heterocycles. The highest BCUT2D eigenvalue weighted by molar-refractivity contribution is 14.2. The summed E-state index contributed by atoms with van der Waals surface area (Å²) in [5.74, 6) is 0. The van der Waals surface area contributed by atoms with Crippen molar-refractivity contribution >= 4 is 36.5 Å². The van der Waals surface area contributed by atoms with E-state index in [0.717, 1.165) is 0 Å². The van der Waals surface area contributed by atoms with E-state index in [4.69, 9.17) is 32.6 Å². The lowest BCUT2D eigenvalue weighted by Gasteiger charge is -2.19. The molecular formula is C17H34INO8S. The first-order valence-electron chi connectivity index (χ1n) is 9.21. The Bertz CT molecular complexity index is 361. The summed E-state index contributed by atoms with van der Waals surface area (Å²) >= 11 is 2.07. The quantitative estimate of drug-likeness (QED) is 0.151. The molecule has 0 saturated heterocycles. The van der Waals surface area contributed by atoms with Gasteiger partial charge in [-0.2, -0.15) is 0 Å². The molecule has 0 aliphatic carbocycles. The van der Waals surface area contributed by atoms with E-state index in [2.05, 4.69) is 26.5 Å². The van der Waals surface area contributed by atoms with Crippen molar-refractivity contribution in [2.24, 2.45) is 0 Å². The number of hydrogen-bond donors (Lipinski definition) is 1. The molecule has 1 amide bonds. The maximum Gasteiger partial charge on any atom is 0.407 e. The van der Waals surface area contributed by atoms with Gasteiger partial charge in [-0.3, -0.25) is 0 Å². The largest absolute Gasteiger partial charge is 0.444 e. The Hall–Kier alpha value is 0.110. The SMILES string of the molecule is CC(C)(C)OC(=O)NCCOCCOCCOCCOCCOCCOSI. The summed E-state index contributed by atoms with van der Waals surface area (Å²) in [6.07, 6.45) is -0.443. The van der Waals surface area contributed by atoms with E-state index in [-0.39, 0.29) is 0 Å². The molecule has 0 rings (SSSR count). The summed E-state index contributed by atoms with van der Waals surface area (Å²) in [5.41, 5.74) is -0.496. The zero-order valence-corrected chi connectivity index (χ0v) is 20.0. The summed E-state index contributed by atoms with van der Waals surface area (Å²) in [7, 11) is 1.30. The van der Waals surface area contributed by atoms with E-state index in [1.54, 1.807) is 0 Å². The third kappa shape index (κ3) is 24.1. The van der Waals surface area contributed by atoms with Crippen LogP contribution in [0.5, 0.6) is 0 Å². The summed E-state index contributed by atoms with van der Waals surface area (Å²) in [4.78, 5) is 11.4. The van der Waals surface area contributed by atoms with Gasteiger partial charge < -0.3 is 37.9 Å². The van der Waals surface area contributed by atoms with E-state index in [0.29, 0.717) is 79.2 Å². The molecule has 1 N–H and O–H groups in total. The lowest BCUT2D eigenvalue weighted by atomic mass is 10.2. The molecule has 0 aromatic carbocycles. The van der Waals surface area contributed by atoms with Crippen molar-refractivity contribution in [3.8, 4) is 0 Å². The Labute approximate surface area is 184 Å².